The molecule has 2 heterocycles. The van der Waals surface area contributed by atoms with Crippen LogP contribution in [0.4, 0.5) is 0 Å². The Hall–Kier alpha value is -2.10. The van der Waals surface area contributed by atoms with Crippen LogP contribution in [0.1, 0.15) is 89.4 Å². The molecule has 0 aliphatic carbocycles. The normalized spacial score (nSPS) is 11.4. The Morgan fingerprint density at radius 3 is 1.72 bits per heavy atom. The fourth-order valence-electron chi connectivity index (χ4n) is 4.75. The smallest absolute Gasteiger partial charge is 0.119 e. The second kappa shape index (κ2) is 14.6. The van der Waals surface area contributed by atoms with E-state index in [4.69, 9.17) is 4.74 Å². The average Bonchev–Trinajstić information content (AvgIpc) is 3.47. The fraction of sp³-hybridized carbons (Fsp3) is 0.455. The van der Waals surface area contributed by atoms with Crippen molar-refractivity contribution in [2.75, 3.05) is 6.61 Å². The molecule has 0 saturated heterocycles. The molecule has 4 aromatic rings. The van der Waals surface area contributed by atoms with Gasteiger partial charge in [-0.25, -0.2) is 0 Å². The number of unbranched alkanes of at least 4 members (excludes halogenated alkanes) is 9. The summed E-state index contributed by atoms with van der Waals surface area (Å²) in [6.07, 6.45) is 16.0. The first-order valence-corrected chi connectivity index (χ1v) is 15.8. The summed E-state index contributed by atoms with van der Waals surface area (Å²) in [5.74, 6) is 0.979. The monoisotopic (exact) mass is 518 g/mol. The molecule has 4 rings (SSSR count). The predicted molar refractivity (Wildman–Crippen MR) is 162 cm³/mol. The van der Waals surface area contributed by atoms with Crippen molar-refractivity contribution in [3.05, 3.63) is 65.5 Å². The lowest BCUT2D eigenvalue weighted by Gasteiger charge is -2.08. The second-order valence-corrected chi connectivity index (χ2v) is 12.2. The molecule has 192 valence electrons. The van der Waals surface area contributed by atoms with Crippen LogP contribution in [0.5, 0.6) is 5.75 Å². The van der Waals surface area contributed by atoms with Crippen LogP contribution in [0.2, 0.25) is 0 Å². The van der Waals surface area contributed by atoms with Gasteiger partial charge in [0.1, 0.15) is 5.75 Å². The Morgan fingerprint density at radius 2 is 1.11 bits per heavy atom. The summed E-state index contributed by atoms with van der Waals surface area (Å²) < 4.78 is 8.85. The molecule has 2 aromatic carbocycles. The van der Waals surface area contributed by atoms with Gasteiger partial charge < -0.3 is 4.74 Å². The second-order valence-electron chi connectivity index (χ2n) is 9.93. The van der Waals surface area contributed by atoms with Gasteiger partial charge in [-0.2, -0.15) is 0 Å². The van der Waals surface area contributed by atoms with Crippen molar-refractivity contribution in [1.29, 1.82) is 0 Å². The molecule has 2 aromatic heterocycles. The van der Waals surface area contributed by atoms with Gasteiger partial charge in [-0.05, 0) is 53.8 Å². The van der Waals surface area contributed by atoms with Crippen molar-refractivity contribution in [3.8, 4) is 27.3 Å². The van der Waals surface area contributed by atoms with E-state index in [2.05, 4.69) is 74.5 Å². The van der Waals surface area contributed by atoms with Crippen LogP contribution >= 0.6 is 22.7 Å². The molecule has 1 nitrogen and oxygen atoms in total. The number of thiophene rings is 2. The van der Waals surface area contributed by atoms with Gasteiger partial charge in [-0.3, -0.25) is 0 Å². The van der Waals surface area contributed by atoms with Crippen molar-refractivity contribution in [3.63, 3.8) is 0 Å². The lowest BCUT2D eigenvalue weighted by molar-refractivity contribution is 0.304. The maximum Gasteiger partial charge on any atom is 0.119 e. The van der Waals surface area contributed by atoms with Gasteiger partial charge in [0.2, 0.25) is 0 Å². The number of aryl methyl sites for hydroxylation is 1. The van der Waals surface area contributed by atoms with Crippen LogP contribution in [0.3, 0.4) is 0 Å². The molecule has 0 aliphatic heterocycles. The lowest BCUT2D eigenvalue weighted by Crippen LogP contribution is -1.97. The molecule has 0 saturated carbocycles. The first kappa shape index (κ1) is 26.9. The van der Waals surface area contributed by atoms with E-state index >= 15 is 0 Å². The van der Waals surface area contributed by atoms with E-state index in [1.807, 2.05) is 22.7 Å². The molecule has 0 atom stereocenters. The topological polar surface area (TPSA) is 9.23 Å². The minimum atomic E-state index is 0.822. The molecule has 0 N–H and O–H groups in total. The number of benzene rings is 2. The van der Waals surface area contributed by atoms with Crippen molar-refractivity contribution < 1.29 is 4.74 Å². The Bertz CT molecular complexity index is 1120. The molecule has 0 amide bonds. The van der Waals surface area contributed by atoms with E-state index < -0.39 is 0 Å². The minimum Gasteiger partial charge on any atom is -0.494 e. The van der Waals surface area contributed by atoms with Gasteiger partial charge in [0.15, 0.2) is 0 Å². The molecule has 0 spiro atoms. The van der Waals surface area contributed by atoms with E-state index in [0.717, 1.165) is 18.8 Å². The number of rotatable bonds is 16. The number of fused-ring (bicyclic) bond motifs is 1. The summed E-state index contributed by atoms with van der Waals surface area (Å²) in [5.41, 5.74) is 3.80. The van der Waals surface area contributed by atoms with Crippen LogP contribution in [-0.2, 0) is 6.42 Å². The van der Waals surface area contributed by atoms with Gasteiger partial charge in [0.25, 0.3) is 0 Å². The lowest BCUT2D eigenvalue weighted by atomic mass is 10.0. The zero-order valence-electron chi connectivity index (χ0n) is 22.2. The van der Waals surface area contributed by atoms with Crippen molar-refractivity contribution in [1.82, 2.24) is 0 Å². The molecule has 0 radical (unpaired) electrons. The van der Waals surface area contributed by atoms with Crippen LogP contribution < -0.4 is 4.74 Å². The van der Waals surface area contributed by atoms with Gasteiger partial charge in [0.05, 0.1) is 6.61 Å². The Kier molecular flexibility index (Phi) is 10.9. The van der Waals surface area contributed by atoms with Crippen LogP contribution in [0, 0.1) is 0 Å². The van der Waals surface area contributed by atoms with Gasteiger partial charge >= 0.3 is 0 Å². The highest BCUT2D eigenvalue weighted by Gasteiger charge is 2.09. The SMILES string of the molecule is CCCCCCCCCCCCOc1ccc(-c2ccc(-c3cc4sc(CCC)cc4s3)cc2)cc1. The third kappa shape index (κ3) is 7.95. The highest BCUT2D eigenvalue weighted by Crippen LogP contribution is 2.39. The molecular formula is C33H42OS2. The zero-order valence-corrected chi connectivity index (χ0v) is 23.8. The number of hydrogen-bond donors (Lipinski definition) is 0. The van der Waals surface area contributed by atoms with E-state index in [1.54, 1.807) is 0 Å². The highest BCUT2D eigenvalue weighted by atomic mass is 32.1. The van der Waals surface area contributed by atoms with Crippen LogP contribution in [-0.4, -0.2) is 6.61 Å². The molecule has 0 bridgehead atoms. The van der Waals surface area contributed by atoms with Gasteiger partial charge in [-0.15, -0.1) is 22.7 Å². The van der Waals surface area contributed by atoms with Gasteiger partial charge in [0, 0.05) is 19.2 Å². The number of ether oxygens (including phenoxy) is 1. The van der Waals surface area contributed by atoms with E-state index in [0.29, 0.717) is 0 Å². The third-order valence-corrected chi connectivity index (χ3v) is 9.28. The van der Waals surface area contributed by atoms with Gasteiger partial charge in [-0.1, -0.05) is 114 Å². The quantitative estimate of drug-likeness (QED) is 0.134. The molecule has 3 heteroatoms. The largest absolute Gasteiger partial charge is 0.494 e. The average molecular weight is 519 g/mol. The minimum absolute atomic E-state index is 0.822. The van der Waals surface area contributed by atoms with Crippen molar-refractivity contribution in [2.24, 2.45) is 0 Å². The molecule has 36 heavy (non-hydrogen) atoms. The van der Waals surface area contributed by atoms with E-state index in [9.17, 15) is 0 Å². The summed E-state index contributed by atoms with van der Waals surface area (Å²) in [4.78, 5) is 2.87. The molecule has 0 aliphatic rings. The molecule has 0 fully saturated rings. The first-order valence-electron chi connectivity index (χ1n) is 14.1. The van der Waals surface area contributed by atoms with E-state index in [1.165, 1.54) is 106 Å². The maximum absolute atomic E-state index is 5.99. The van der Waals surface area contributed by atoms with E-state index in [-0.39, 0.29) is 0 Å². The van der Waals surface area contributed by atoms with Crippen molar-refractivity contribution in [2.45, 2.75) is 90.9 Å². The van der Waals surface area contributed by atoms with Crippen molar-refractivity contribution >= 4 is 32.1 Å². The summed E-state index contributed by atoms with van der Waals surface area (Å²) >= 11 is 3.86. The third-order valence-electron chi connectivity index (χ3n) is 6.88. The summed E-state index contributed by atoms with van der Waals surface area (Å²) in [5, 5.41) is 0. The Labute approximate surface area is 226 Å². The van der Waals surface area contributed by atoms with Crippen LogP contribution in [0.15, 0.2) is 60.7 Å². The predicted octanol–water partition coefficient (Wildman–Crippen LogP) is 11.5. The summed E-state index contributed by atoms with van der Waals surface area (Å²) in [7, 11) is 0. The summed E-state index contributed by atoms with van der Waals surface area (Å²) in [6, 6.07) is 22.3. The standard InChI is InChI=1S/C33H42OS2/c1-3-5-6-7-8-9-10-11-12-13-23-34-29-21-19-27(20-22-29)26-15-17-28(18-16-26)31-25-33-32(36-31)24-30(35-33)14-4-2/h15-22,24-25H,3-14,23H2,1-2H3. The number of hydrogen-bond acceptors (Lipinski definition) is 3. The van der Waals surface area contributed by atoms with Crippen LogP contribution in [0.25, 0.3) is 31.0 Å². The Morgan fingerprint density at radius 1 is 0.556 bits per heavy atom. The zero-order chi connectivity index (χ0) is 25.0. The highest BCUT2D eigenvalue weighted by molar-refractivity contribution is 7.29. The first-order chi connectivity index (χ1) is 17.8. The Balaban J connectivity index is 1.18. The fourth-order valence-corrected chi connectivity index (χ4v) is 7.28. The molecular weight excluding hydrogens is 476 g/mol. The summed E-state index contributed by atoms with van der Waals surface area (Å²) in [6.45, 7) is 5.36. The molecule has 0 unspecified atom stereocenters. The maximum atomic E-state index is 5.99.